The number of benzene rings is 3. The van der Waals surface area contributed by atoms with Gasteiger partial charge < -0.3 is 19.7 Å². The summed E-state index contributed by atoms with van der Waals surface area (Å²) in [5.74, 6) is -0.730. The summed E-state index contributed by atoms with van der Waals surface area (Å²) < 4.78 is 54.2. The fourth-order valence-electron chi connectivity index (χ4n) is 5.49. The molecule has 1 aliphatic carbocycles. The van der Waals surface area contributed by atoms with Gasteiger partial charge in [0.05, 0.1) is 10.6 Å². The molecular weight excluding hydrogens is 585 g/mol. The minimum atomic E-state index is -4.35. The van der Waals surface area contributed by atoms with E-state index in [1.54, 1.807) is 6.92 Å². The van der Waals surface area contributed by atoms with Crippen molar-refractivity contribution < 1.29 is 31.9 Å². The van der Waals surface area contributed by atoms with Crippen molar-refractivity contribution in [2.24, 2.45) is 0 Å². The van der Waals surface area contributed by atoms with Gasteiger partial charge in [0, 0.05) is 18.7 Å². The van der Waals surface area contributed by atoms with Crippen molar-refractivity contribution >= 4 is 27.5 Å². The molecule has 0 saturated heterocycles. The number of carbonyl (C=O) groups excluding carboxylic acids is 2. The number of halogens is 1. The Labute approximate surface area is 258 Å². The average molecular weight is 624 g/mol. The van der Waals surface area contributed by atoms with Gasteiger partial charge in [-0.05, 0) is 68.7 Å². The van der Waals surface area contributed by atoms with Crippen LogP contribution >= 0.6 is 0 Å². The molecule has 0 aromatic heterocycles. The zero-order valence-electron chi connectivity index (χ0n) is 25.0. The van der Waals surface area contributed by atoms with Gasteiger partial charge in [-0.25, -0.2) is 12.8 Å². The summed E-state index contributed by atoms with van der Waals surface area (Å²) >= 11 is 0. The Morgan fingerprint density at radius 2 is 1.59 bits per heavy atom. The third-order valence-electron chi connectivity index (χ3n) is 8.09. The molecule has 11 heteroatoms. The number of amides is 2. The van der Waals surface area contributed by atoms with Gasteiger partial charge in [-0.15, -0.1) is 0 Å². The quantitative estimate of drug-likeness (QED) is 0.342. The molecule has 3 aromatic rings. The van der Waals surface area contributed by atoms with Gasteiger partial charge in [0.15, 0.2) is 11.5 Å². The molecular formula is C33H38FN3O6S. The molecule has 9 nitrogen and oxygen atoms in total. The zero-order chi connectivity index (χ0) is 31.3. The molecule has 0 radical (unpaired) electrons. The van der Waals surface area contributed by atoms with E-state index in [1.165, 1.54) is 35.2 Å². The number of fused-ring (bicyclic) bond motifs is 1. The van der Waals surface area contributed by atoms with Crippen molar-refractivity contribution in [3.63, 3.8) is 0 Å². The van der Waals surface area contributed by atoms with Crippen LogP contribution < -0.4 is 19.1 Å². The lowest BCUT2D eigenvalue weighted by Crippen LogP contribution is -2.53. The van der Waals surface area contributed by atoms with Crippen molar-refractivity contribution in [3.8, 4) is 11.5 Å². The molecule has 0 spiro atoms. The Balaban J connectivity index is 1.47. The standard InChI is InChI=1S/C33H38FN3O6S/c1-23-8-10-25(11-9-23)21-36(24(2)33(39)35-27-6-4-3-5-7-27)32(38)22-37(28-14-12-26(34)13-15-28)44(40,41)29-16-17-30-31(20-29)43-19-18-42-30/h8-17,20,24,27H,3-7,18-19,21-22H2,1-2H3,(H,35,39)/t24-/m0/s1. The predicted octanol–water partition coefficient (Wildman–Crippen LogP) is 4.97. The number of ether oxygens (including phenoxy) is 2. The van der Waals surface area contributed by atoms with Crippen molar-refractivity contribution in [1.82, 2.24) is 10.2 Å². The molecule has 1 N–H and O–H groups in total. The van der Waals surface area contributed by atoms with Gasteiger partial charge >= 0.3 is 0 Å². The number of carbonyl (C=O) groups is 2. The lowest BCUT2D eigenvalue weighted by molar-refractivity contribution is -0.139. The SMILES string of the molecule is Cc1ccc(CN(C(=O)CN(c2ccc(F)cc2)S(=O)(=O)c2ccc3c(c2)OCCO3)[C@@H](C)C(=O)NC2CCCCC2)cc1. The molecule has 1 aliphatic heterocycles. The van der Waals surface area contributed by atoms with E-state index in [1.807, 2.05) is 31.2 Å². The number of aryl methyl sites for hydroxylation is 1. The van der Waals surface area contributed by atoms with Gasteiger partial charge in [0.2, 0.25) is 11.8 Å². The van der Waals surface area contributed by atoms with Crippen LogP contribution in [0.2, 0.25) is 0 Å². The summed E-state index contributed by atoms with van der Waals surface area (Å²) in [5, 5.41) is 3.09. The van der Waals surface area contributed by atoms with E-state index < -0.39 is 34.3 Å². The second kappa shape index (κ2) is 13.7. The highest BCUT2D eigenvalue weighted by atomic mass is 32.2. The maximum absolute atomic E-state index is 14.1. The second-order valence-corrected chi connectivity index (χ2v) is 13.2. The largest absolute Gasteiger partial charge is 0.486 e. The summed E-state index contributed by atoms with van der Waals surface area (Å²) in [6.45, 7) is 3.71. The molecule has 0 bridgehead atoms. The first-order chi connectivity index (χ1) is 21.1. The summed E-state index contributed by atoms with van der Waals surface area (Å²) in [5.41, 5.74) is 1.94. The summed E-state index contributed by atoms with van der Waals surface area (Å²) in [6, 6.07) is 15.9. The van der Waals surface area contributed by atoms with E-state index >= 15 is 0 Å². The van der Waals surface area contributed by atoms with Gasteiger partial charge in [0.25, 0.3) is 10.0 Å². The Morgan fingerprint density at radius 1 is 0.932 bits per heavy atom. The first-order valence-electron chi connectivity index (χ1n) is 14.9. The van der Waals surface area contributed by atoms with E-state index in [9.17, 15) is 22.4 Å². The van der Waals surface area contributed by atoms with E-state index in [2.05, 4.69) is 5.32 Å². The van der Waals surface area contributed by atoms with Crippen LogP contribution in [-0.4, -0.2) is 57.0 Å². The lowest BCUT2D eigenvalue weighted by Gasteiger charge is -2.33. The highest BCUT2D eigenvalue weighted by molar-refractivity contribution is 7.92. The molecule has 44 heavy (non-hydrogen) atoms. The van der Waals surface area contributed by atoms with Gasteiger partial charge in [-0.1, -0.05) is 49.1 Å². The van der Waals surface area contributed by atoms with E-state index in [-0.39, 0.29) is 41.4 Å². The van der Waals surface area contributed by atoms with Crippen LogP contribution in [0.15, 0.2) is 71.6 Å². The van der Waals surface area contributed by atoms with Crippen LogP contribution in [0.5, 0.6) is 11.5 Å². The second-order valence-electron chi connectivity index (χ2n) is 11.3. The third kappa shape index (κ3) is 7.32. The smallest absolute Gasteiger partial charge is 0.264 e. The van der Waals surface area contributed by atoms with E-state index in [0.29, 0.717) is 12.4 Å². The van der Waals surface area contributed by atoms with Crippen molar-refractivity contribution in [1.29, 1.82) is 0 Å². The molecule has 1 saturated carbocycles. The number of sulfonamides is 1. The summed E-state index contributed by atoms with van der Waals surface area (Å²) in [6.07, 6.45) is 4.98. The van der Waals surface area contributed by atoms with Gasteiger partial charge in [0.1, 0.15) is 31.6 Å². The molecule has 2 amide bonds. The van der Waals surface area contributed by atoms with Crippen LogP contribution in [0, 0.1) is 12.7 Å². The Kier molecular flexibility index (Phi) is 9.73. The number of nitrogens with zero attached hydrogens (tertiary/aromatic N) is 2. The van der Waals surface area contributed by atoms with Crippen molar-refractivity contribution in [3.05, 3.63) is 83.7 Å². The molecule has 1 heterocycles. The Bertz CT molecular complexity index is 1570. The topological polar surface area (TPSA) is 105 Å². The lowest BCUT2D eigenvalue weighted by atomic mass is 9.95. The Hall–Kier alpha value is -4.12. The maximum Gasteiger partial charge on any atom is 0.264 e. The number of hydrogen-bond acceptors (Lipinski definition) is 6. The molecule has 0 unspecified atom stereocenters. The summed E-state index contributed by atoms with van der Waals surface area (Å²) in [4.78, 5) is 28.9. The molecule has 234 valence electrons. The van der Waals surface area contributed by atoms with Gasteiger partial charge in [-0.3, -0.25) is 13.9 Å². The third-order valence-corrected chi connectivity index (χ3v) is 9.86. The van der Waals surface area contributed by atoms with E-state index in [4.69, 9.17) is 9.47 Å². The van der Waals surface area contributed by atoms with Crippen LogP contribution in [0.4, 0.5) is 10.1 Å². The fraction of sp³-hybridized carbons (Fsp3) is 0.394. The minimum Gasteiger partial charge on any atom is -0.486 e. The number of anilines is 1. The normalized spacial score (nSPS) is 15.7. The van der Waals surface area contributed by atoms with Crippen LogP contribution in [-0.2, 0) is 26.2 Å². The van der Waals surface area contributed by atoms with Gasteiger partial charge in [-0.2, -0.15) is 0 Å². The van der Waals surface area contributed by atoms with E-state index in [0.717, 1.165) is 59.7 Å². The molecule has 1 atom stereocenters. The molecule has 2 aliphatic rings. The minimum absolute atomic E-state index is 0.0429. The highest BCUT2D eigenvalue weighted by Crippen LogP contribution is 2.34. The molecule has 5 rings (SSSR count). The van der Waals surface area contributed by atoms with Crippen molar-refractivity contribution in [2.45, 2.75) is 69.5 Å². The van der Waals surface area contributed by atoms with Crippen LogP contribution in [0.1, 0.15) is 50.2 Å². The number of nitrogens with one attached hydrogen (secondary N) is 1. The molecule has 1 fully saturated rings. The first-order valence-corrected chi connectivity index (χ1v) is 16.4. The highest BCUT2D eigenvalue weighted by Gasteiger charge is 2.34. The summed E-state index contributed by atoms with van der Waals surface area (Å²) in [7, 11) is -4.35. The number of rotatable bonds is 10. The van der Waals surface area contributed by atoms with Crippen LogP contribution in [0.3, 0.4) is 0 Å². The average Bonchev–Trinajstić information content (AvgIpc) is 3.03. The maximum atomic E-state index is 14.1. The first kappa shape index (κ1) is 31.3. The zero-order valence-corrected chi connectivity index (χ0v) is 25.8. The fourth-order valence-corrected chi connectivity index (χ4v) is 6.92. The van der Waals surface area contributed by atoms with Crippen LogP contribution in [0.25, 0.3) is 0 Å². The Morgan fingerprint density at radius 3 is 2.27 bits per heavy atom. The predicted molar refractivity (Wildman–Crippen MR) is 165 cm³/mol. The monoisotopic (exact) mass is 623 g/mol. The van der Waals surface area contributed by atoms with Crippen molar-refractivity contribution in [2.75, 3.05) is 24.1 Å². The number of hydrogen-bond donors (Lipinski definition) is 1. The molecule has 3 aromatic carbocycles.